The lowest BCUT2D eigenvalue weighted by atomic mass is 9.71. The molecule has 4 aliphatic rings. The Bertz CT molecular complexity index is 859. The molecule has 0 aromatic rings. The third kappa shape index (κ3) is 5.51. The normalized spacial score (nSPS) is 30.8. The van der Waals surface area contributed by atoms with Crippen LogP contribution >= 0.6 is 11.8 Å². The molecule has 4 fully saturated rings. The second-order valence-corrected chi connectivity index (χ2v) is 12.6. The molecule has 1 aliphatic carbocycles. The van der Waals surface area contributed by atoms with Crippen molar-refractivity contribution in [3.63, 3.8) is 0 Å². The van der Waals surface area contributed by atoms with Gasteiger partial charge in [0.2, 0.25) is 11.8 Å². The number of carbonyl (C=O) groups excluding carboxylic acids is 3. The molecule has 3 aliphatic heterocycles. The number of allylic oxidation sites excluding steroid dienone is 1. The van der Waals surface area contributed by atoms with E-state index in [2.05, 4.69) is 13.2 Å². The zero-order valence-electron chi connectivity index (χ0n) is 22.2. The van der Waals surface area contributed by atoms with Crippen LogP contribution in [0, 0.1) is 11.8 Å². The number of fused-ring (bicyclic) bond motifs is 1. The van der Waals surface area contributed by atoms with Crippen molar-refractivity contribution in [3.8, 4) is 0 Å². The Kier molecular flexibility index (Phi) is 9.79. The SMILES string of the molecule is C=CCCCCOC(=O)[C@@H]1[C@@H]2CCC3(S2)C(C(=O)N(CC=C)C2CCCCC2)N(CCCCO)C(=O)[C@H]13. The highest BCUT2D eigenvalue weighted by Crippen LogP contribution is 2.66. The number of likely N-dealkylation sites (tertiary alicyclic amines) is 1. The van der Waals surface area contributed by atoms with Gasteiger partial charge in [-0.25, -0.2) is 0 Å². The molecule has 2 unspecified atom stereocenters. The summed E-state index contributed by atoms with van der Waals surface area (Å²) in [6.45, 7) is 8.96. The predicted molar refractivity (Wildman–Crippen MR) is 146 cm³/mol. The molecule has 0 radical (unpaired) electrons. The predicted octanol–water partition coefficient (Wildman–Crippen LogP) is 4.10. The largest absolute Gasteiger partial charge is 0.465 e. The Hall–Kier alpha value is -1.80. The number of amides is 2. The van der Waals surface area contributed by atoms with Gasteiger partial charge in [-0.05, 0) is 57.8 Å². The van der Waals surface area contributed by atoms with Gasteiger partial charge in [-0.1, -0.05) is 31.4 Å². The van der Waals surface area contributed by atoms with Crippen molar-refractivity contribution in [2.75, 3.05) is 26.3 Å². The zero-order chi connectivity index (χ0) is 26.4. The van der Waals surface area contributed by atoms with Crippen LogP contribution in [-0.2, 0) is 19.1 Å². The van der Waals surface area contributed by atoms with Gasteiger partial charge in [-0.3, -0.25) is 14.4 Å². The first-order valence-electron chi connectivity index (χ1n) is 14.3. The average molecular weight is 533 g/mol. The zero-order valence-corrected chi connectivity index (χ0v) is 23.0. The molecule has 37 heavy (non-hydrogen) atoms. The van der Waals surface area contributed by atoms with E-state index < -0.39 is 22.6 Å². The summed E-state index contributed by atoms with van der Waals surface area (Å²) in [5, 5.41) is 9.39. The molecule has 8 heteroatoms. The molecular weight excluding hydrogens is 488 g/mol. The van der Waals surface area contributed by atoms with Crippen molar-refractivity contribution >= 4 is 29.5 Å². The first-order chi connectivity index (χ1) is 18.0. The van der Waals surface area contributed by atoms with Crippen LogP contribution in [0.1, 0.15) is 77.0 Å². The van der Waals surface area contributed by atoms with E-state index in [0.29, 0.717) is 32.5 Å². The molecule has 4 rings (SSSR count). The van der Waals surface area contributed by atoms with E-state index in [1.165, 1.54) is 6.42 Å². The third-order valence-electron chi connectivity index (χ3n) is 8.78. The number of carbonyl (C=O) groups is 3. The van der Waals surface area contributed by atoms with Crippen LogP contribution in [0.3, 0.4) is 0 Å². The lowest BCUT2D eigenvalue weighted by molar-refractivity contribution is -0.154. The summed E-state index contributed by atoms with van der Waals surface area (Å²) in [5.74, 6) is -1.36. The molecule has 2 bridgehead atoms. The van der Waals surface area contributed by atoms with E-state index in [0.717, 1.165) is 57.8 Å². The van der Waals surface area contributed by atoms with Crippen LogP contribution in [0.2, 0.25) is 0 Å². The summed E-state index contributed by atoms with van der Waals surface area (Å²) >= 11 is 1.70. The monoisotopic (exact) mass is 532 g/mol. The number of aliphatic hydroxyl groups is 1. The summed E-state index contributed by atoms with van der Waals surface area (Å²) in [6.07, 6.45) is 14.4. The number of unbranched alkanes of at least 4 members (excludes halogenated alkanes) is 3. The molecule has 5 atom stereocenters. The molecule has 1 N–H and O–H groups in total. The van der Waals surface area contributed by atoms with Gasteiger partial charge < -0.3 is 19.6 Å². The molecule has 1 saturated carbocycles. The van der Waals surface area contributed by atoms with E-state index in [1.807, 2.05) is 11.0 Å². The minimum atomic E-state index is -0.585. The van der Waals surface area contributed by atoms with E-state index in [9.17, 15) is 19.5 Å². The number of esters is 1. The second kappa shape index (κ2) is 12.8. The fraction of sp³-hybridized carbons (Fsp3) is 0.759. The van der Waals surface area contributed by atoms with Gasteiger partial charge in [0, 0.05) is 31.0 Å². The van der Waals surface area contributed by atoms with Crippen LogP contribution in [0.15, 0.2) is 25.3 Å². The van der Waals surface area contributed by atoms with Crippen molar-refractivity contribution in [1.82, 2.24) is 9.80 Å². The number of hydrogen-bond acceptors (Lipinski definition) is 6. The molecule has 0 aromatic carbocycles. The van der Waals surface area contributed by atoms with E-state index >= 15 is 0 Å². The van der Waals surface area contributed by atoms with Crippen LogP contribution in [0.25, 0.3) is 0 Å². The highest BCUT2D eigenvalue weighted by molar-refractivity contribution is 8.02. The van der Waals surface area contributed by atoms with Gasteiger partial charge in [0.15, 0.2) is 0 Å². The van der Waals surface area contributed by atoms with Gasteiger partial charge >= 0.3 is 5.97 Å². The summed E-state index contributed by atoms with van der Waals surface area (Å²) in [4.78, 5) is 45.5. The Morgan fingerprint density at radius 3 is 2.59 bits per heavy atom. The molecule has 0 aromatic heterocycles. The molecule has 3 saturated heterocycles. The van der Waals surface area contributed by atoms with Gasteiger partial charge in [0.25, 0.3) is 0 Å². The van der Waals surface area contributed by atoms with Gasteiger partial charge in [-0.2, -0.15) is 0 Å². The summed E-state index contributed by atoms with van der Waals surface area (Å²) in [7, 11) is 0. The topological polar surface area (TPSA) is 87.2 Å². The number of thioether (sulfide) groups is 1. The molecular formula is C29H44N2O5S. The van der Waals surface area contributed by atoms with Crippen molar-refractivity contribution < 1.29 is 24.2 Å². The number of hydrogen-bond donors (Lipinski definition) is 1. The minimum absolute atomic E-state index is 0.0123. The fourth-order valence-corrected chi connectivity index (χ4v) is 9.30. The van der Waals surface area contributed by atoms with Crippen molar-refractivity contribution in [3.05, 3.63) is 25.3 Å². The van der Waals surface area contributed by atoms with E-state index in [-0.39, 0.29) is 35.7 Å². The lowest BCUT2D eigenvalue weighted by Crippen LogP contribution is -2.57. The highest BCUT2D eigenvalue weighted by atomic mass is 32.2. The second-order valence-electron chi connectivity index (χ2n) is 11.0. The minimum Gasteiger partial charge on any atom is -0.465 e. The van der Waals surface area contributed by atoms with Crippen LogP contribution in [0.4, 0.5) is 0 Å². The molecule has 7 nitrogen and oxygen atoms in total. The first kappa shape index (κ1) is 28.2. The number of ether oxygens (including phenoxy) is 1. The smallest absolute Gasteiger partial charge is 0.310 e. The summed E-state index contributed by atoms with van der Waals surface area (Å²) in [6, 6.07) is -0.407. The average Bonchev–Trinajstić information content (AvgIpc) is 3.55. The van der Waals surface area contributed by atoms with Crippen LogP contribution in [0.5, 0.6) is 0 Å². The fourth-order valence-electron chi connectivity index (χ4n) is 7.10. The van der Waals surface area contributed by atoms with Crippen molar-refractivity contribution in [1.29, 1.82) is 0 Å². The van der Waals surface area contributed by atoms with Crippen molar-refractivity contribution in [2.24, 2.45) is 11.8 Å². The number of rotatable bonds is 14. The van der Waals surface area contributed by atoms with E-state index in [1.54, 1.807) is 22.7 Å². The van der Waals surface area contributed by atoms with Gasteiger partial charge in [-0.15, -0.1) is 24.9 Å². The first-order valence-corrected chi connectivity index (χ1v) is 15.2. The van der Waals surface area contributed by atoms with Gasteiger partial charge in [0.1, 0.15) is 6.04 Å². The quantitative estimate of drug-likeness (QED) is 0.206. The molecule has 1 spiro atoms. The summed E-state index contributed by atoms with van der Waals surface area (Å²) < 4.78 is 5.11. The highest BCUT2D eigenvalue weighted by Gasteiger charge is 2.74. The molecule has 2 amide bonds. The third-order valence-corrected chi connectivity index (χ3v) is 10.7. The van der Waals surface area contributed by atoms with Crippen molar-refractivity contribution in [2.45, 2.75) is 99.1 Å². The Morgan fingerprint density at radius 1 is 1.11 bits per heavy atom. The maximum atomic E-state index is 14.4. The van der Waals surface area contributed by atoms with Crippen LogP contribution < -0.4 is 0 Å². The standard InChI is InChI=1S/C29H44N2O5S/c1-3-5-6-12-20-36-28(35)23-22-15-16-29(37-22)24(23)26(33)31(18-10-11-19-32)25(29)27(34)30(17-4-2)21-13-8-7-9-14-21/h3-4,21-25,32H,1-2,5-20H2/t22-,23+,24-,25?,29?/m0/s1. The Morgan fingerprint density at radius 2 is 1.89 bits per heavy atom. The van der Waals surface area contributed by atoms with Crippen LogP contribution in [-0.4, -0.2) is 81.1 Å². The van der Waals surface area contributed by atoms with E-state index in [4.69, 9.17) is 4.74 Å². The number of nitrogens with zero attached hydrogens (tertiary/aromatic N) is 2. The number of aliphatic hydroxyl groups excluding tert-OH is 1. The lowest BCUT2D eigenvalue weighted by Gasteiger charge is -2.41. The van der Waals surface area contributed by atoms with Gasteiger partial charge in [0.05, 0.1) is 23.2 Å². The molecule has 206 valence electrons. The maximum absolute atomic E-state index is 14.4. The summed E-state index contributed by atoms with van der Waals surface area (Å²) in [5.41, 5.74) is 0. The Balaban J connectivity index is 1.59. The maximum Gasteiger partial charge on any atom is 0.310 e. The molecule has 3 heterocycles. The Labute approximate surface area is 226 Å².